The minimum Gasteiger partial charge on any atom is -0.399 e. The summed E-state index contributed by atoms with van der Waals surface area (Å²) in [6.45, 7) is 0.916. The van der Waals surface area contributed by atoms with Crippen LogP contribution in [-0.4, -0.2) is 7.05 Å². The van der Waals surface area contributed by atoms with Gasteiger partial charge in [0, 0.05) is 25.0 Å². The Bertz CT molecular complexity index is 572. The Kier molecular flexibility index (Phi) is 3.16. The standard InChI is InChI=1S/C17H20N2/c1-19(12-13-5-8-16(18)9-6-13)17-10-7-14-3-2-4-15(14)11-17/h5-11H,2-4,12,18H2,1H3. The van der Waals surface area contributed by atoms with E-state index in [1.165, 1.54) is 41.6 Å². The highest BCUT2D eigenvalue weighted by molar-refractivity contribution is 5.52. The number of rotatable bonds is 3. The van der Waals surface area contributed by atoms with Gasteiger partial charge in [-0.1, -0.05) is 18.2 Å². The third-order valence-electron chi connectivity index (χ3n) is 3.92. The number of fused-ring (bicyclic) bond motifs is 1. The highest BCUT2D eigenvalue weighted by Crippen LogP contribution is 2.27. The van der Waals surface area contributed by atoms with Crippen molar-refractivity contribution in [2.75, 3.05) is 17.7 Å². The van der Waals surface area contributed by atoms with Crippen molar-refractivity contribution in [3.05, 3.63) is 59.2 Å². The van der Waals surface area contributed by atoms with Gasteiger partial charge in [-0.25, -0.2) is 0 Å². The number of nitrogens with two attached hydrogens (primary N) is 1. The van der Waals surface area contributed by atoms with Gasteiger partial charge in [0.1, 0.15) is 0 Å². The van der Waals surface area contributed by atoms with Crippen molar-refractivity contribution in [1.82, 2.24) is 0 Å². The third kappa shape index (κ3) is 2.58. The molecular formula is C17H20N2. The lowest BCUT2D eigenvalue weighted by Crippen LogP contribution is -2.16. The smallest absolute Gasteiger partial charge is 0.0426 e. The normalized spacial score (nSPS) is 13.3. The second-order valence-corrected chi connectivity index (χ2v) is 5.40. The number of nitrogen functional groups attached to an aromatic ring is 1. The molecule has 0 saturated heterocycles. The molecule has 0 bridgehead atoms. The van der Waals surface area contributed by atoms with E-state index in [-0.39, 0.29) is 0 Å². The Morgan fingerprint density at radius 1 is 1.00 bits per heavy atom. The van der Waals surface area contributed by atoms with E-state index in [1.54, 1.807) is 0 Å². The van der Waals surface area contributed by atoms with Crippen LogP contribution in [0.15, 0.2) is 42.5 Å². The van der Waals surface area contributed by atoms with E-state index >= 15 is 0 Å². The van der Waals surface area contributed by atoms with Crippen molar-refractivity contribution in [3.63, 3.8) is 0 Å². The molecule has 0 saturated carbocycles. The van der Waals surface area contributed by atoms with Crippen molar-refractivity contribution >= 4 is 11.4 Å². The van der Waals surface area contributed by atoms with Crippen molar-refractivity contribution in [3.8, 4) is 0 Å². The zero-order valence-electron chi connectivity index (χ0n) is 11.4. The fraction of sp³-hybridized carbons (Fsp3) is 0.294. The molecule has 1 aliphatic carbocycles. The fourth-order valence-electron chi connectivity index (χ4n) is 2.78. The van der Waals surface area contributed by atoms with E-state index in [0.717, 1.165) is 12.2 Å². The van der Waals surface area contributed by atoms with Gasteiger partial charge >= 0.3 is 0 Å². The van der Waals surface area contributed by atoms with Crippen LogP contribution in [0.2, 0.25) is 0 Å². The molecule has 2 N–H and O–H groups in total. The van der Waals surface area contributed by atoms with Crippen molar-refractivity contribution < 1.29 is 0 Å². The molecular weight excluding hydrogens is 232 g/mol. The first kappa shape index (κ1) is 12.1. The van der Waals surface area contributed by atoms with Crippen LogP contribution < -0.4 is 10.6 Å². The molecule has 0 aromatic heterocycles. The predicted molar refractivity (Wildman–Crippen MR) is 81.4 cm³/mol. The molecule has 0 heterocycles. The SMILES string of the molecule is CN(Cc1ccc(N)cc1)c1ccc2c(c1)CCC2. The van der Waals surface area contributed by atoms with Crippen LogP contribution in [0, 0.1) is 0 Å². The summed E-state index contributed by atoms with van der Waals surface area (Å²) in [4.78, 5) is 2.30. The Balaban J connectivity index is 1.76. The summed E-state index contributed by atoms with van der Waals surface area (Å²) in [6.07, 6.45) is 3.79. The van der Waals surface area contributed by atoms with Gasteiger partial charge in [-0.05, 0) is 60.2 Å². The van der Waals surface area contributed by atoms with E-state index in [1.807, 2.05) is 12.1 Å². The van der Waals surface area contributed by atoms with E-state index in [4.69, 9.17) is 5.73 Å². The topological polar surface area (TPSA) is 29.3 Å². The summed E-state index contributed by atoms with van der Waals surface area (Å²) in [6, 6.07) is 15.0. The monoisotopic (exact) mass is 252 g/mol. The lowest BCUT2D eigenvalue weighted by molar-refractivity contribution is 0.908. The van der Waals surface area contributed by atoms with Gasteiger partial charge in [-0.2, -0.15) is 0 Å². The first-order chi connectivity index (χ1) is 9.22. The number of aryl methyl sites for hydroxylation is 2. The van der Waals surface area contributed by atoms with Crippen LogP contribution >= 0.6 is 0 Å². The number of nitrogens with zero attached hydrogens (tertiary/aromatic N) is 1. The molecule has 0 atom stereocenters. The predicted octanol–water partition coefficient (Wildman–Crippen LogP) is 3.39. The van der Waals surface area contributed by atoms with E-state index in [9.17, 15) is 0 Å². The van der Waals surface area contributed by atoms with Crippen LogP contribution in [0.25, 0.3) is 0 Å². The summed E-state index contributed by atoms with van der Waals surface area (Å²) in [5.41, 5.74) is 12.2. The summed E-state index contributed by atoms with van der Waals surface area (Å²) in [5.74, 6) is 0. The van der Waals surface area contributed by atoms with Gasteiger partial charge in [0.25, 0.3) is 0 Å². The number of hydrogen-bond acceptors (Lipinski definition) is 2. The number of anilines is 2. The van der Waals surface area contributed by atoms with Crippen LogP contribution in [0.1, 0.15) is 23.1 Å². The summed E-state index contributed by atoms with van der Waals surface area (Å²) in [5, 5.41) is 0. The van der Waals surface area contributed by atoms with Gasteiger partial charge in [0.05, 0.1) is 0 Å². The maximum absolute atomic E-state index is 5.72. The van der Waals surface area contributed by atoms with Crippen LogP contribution in [0.5, 0.6) is 0 Å². The molecule has 2 aromatic carbocycles. The minimum atomic E-state index is 0.823. The Morgan fingerprint density at radius 3 is 2.53 bits per heavy atom. The Morgan fingerprint density at radius 2 is 1.74 bits per heavy atom. The van der Waals surface area contributed by atoms with Gasteiger partial charge < -0.3 is 10.6 Å². The first-order valence-electron chi connectivity index (χ1n) is 6.90. The summed E-state index contributed by atoms with van der Waals surface area (Å²) in [7, 11) is 2.15. The molecule has 0 spiro atoms. The molecule has 98 valence electrons. The molecule has 0 radical (unpaired) electrons. The largest absolute Gasteiger partial charge is 0.399 e. The zero-order valence-corrected chi connectivity index (χ0v) is 11.4. The van der Waals surface area contributed by atoms with E-state index < -0.39 is 0 Å². The molecule has 0 fully saturated rings. The minimum absolute atomic E-state index is 0.823. The van der Waals surface area contributed by atoms with Gasteiger partial charge in [-0.15, -0.1) is 0 Å². The molecule has 0 unspecified atom stereocenters. The molecule has 19 heavy (non-hydrogen) atoms. The van der Waals surface area contributed by atoms with Crippen molar-refractivity contribution in [1.29, 1.82) is 0 Å². The average molecular weight is 252 g/mol. The number of hydrogen-bond donors (Lipinski definition) is 1. The summed E-state index contributed by atoms with van der Waals surface area (Å²) < 4.78 is 0. The van der Waals surface area contributed by atoms with Crippen molar-refractivity contribution in [2.24, 2.45) is 0 Å². The molecule has 2 heteroatoms. The zero-order chi connectivity index (χ0) is 13.2. The van der Waals surface area contributed by atoms with E-state index in [0.29, 0.717) is 0 Å². The van der Waals surface area contributed by atoms with Crippen LogP contribution in [0.3, 0.4) is 0 Å². The van der Waals surface area contributed by atoms with E-state index in [2.05, 4.69) is 42.3 Å². The second-order valence-electron chi connectivity index (χ2n) is 5.40. The highest BCUT2D eigenvalue weighted by Gasteiger charge is 2.12. The molecule has 0 aliphatic heterocycles. The molecule has 0 amide bonds. The molecule has 2 nitrogen and oxygen atoms in total. The second kappa shape index (κ2) is 4.96. The van der Waals surface area contributed by atoms with Gasteiger partial charge in [0.15, 0.2) is 0 Å². The van der Waals surface area contributed by atoms with Crippen LogP contribution in [0.4, 0.5) is 11.4 Å². The molecule has 3 rings (SSSR count). The van der Waals surface area contributed by atoms with Gasteiger partial charge in [-0.3, -0.25) is 0 Å². The third-order valence-corrected chi connectivity index (χ3v) is 3.92. The van der Waals surface area contributed by atoms with Crippen LogP contribution in [-0.2, 0) is 19.4 Å². The number of benzene rings is 2. The average Bonchev–Trinajstić information content (AvgIpc) is 2.88. The Labute approximate surface area is 114 Å². The maximum atomic E-state index is 5.72. The molecule has 1 aliphatic rings. The quantitative estimate of drug-likeness (QED) is 0.848. The van der Waals surface area contributed by atoms with Gasteiger partial charge in [0.2, 0.25) is 0 Å². The van der Waals surface area contributed by atoms with Crippen molar-refractivity contribution in [2.45, 2.75) is 25.8 Å². The lowest BCUT2D eigenvalue weighted by atomic mass is 10.1. The first-order valence-corrected chi connectivity index (χ1v) is 6.90. The highest BCUT2D eigenvalue weighted by atomic mass is 15.1. The molecule has 2 aromatic rings. The Hall–Kier alpha value is -1.96. The lowest BCUT2D eigenvalue weighted by Gasteiger charge is -2.20. The fourth-order valence-corrected chi connectivity index (χ4v) is 2.78. The maximum Gasteiger partial charge on any atom is 0.0426 e. The summed E-state index contributed by atoms with van der Waals surface area (Å²) >= 11 is 0.